The van der Waals surface area contributed by atoms with Crippen LogP contribution in [0.2, 0.25) is 0 Å². The highest BCUT2D eigenvalue weighted by Crippen LogP contribution is 2.04. The minimum atomic E-state index is -0.443. The summed E-state index contributed by atoms with van der Waals surface area (Å²) in [6, 6.07) is 1.76. The van der Waals surface area contributed by atoms with Crippen LogP contribution in [0.15, 0.2) is 4.79 Å². The molecule has 4 heteroatoms. The lowest BCUT2D eigenvalue weighted by Gasteiger charge is -2.03. The largest absolute Gasteiger partial charge is 0.493 e. The lowest BCUT2D eigenvalue weighted by Crippen LogP contribution is -2.43. The van der Waals surface area contributed by atoms with Gasteiger partial charge in [0.1, 0.15) is 11.6 Å². The number of hydrogen-bond donors (Lipinski definition) is 1. The van der Waals surface area contributed by atoms with Gasteiger partial charge in [0.15, 0.2) is 0 Å². The van der Waals surface area contributed by atoms with Crippen molar-refractivity contribution in [1.82, 2.24) is 4.57 Å². The maximum Gasteiger partial charge on any atom is 0.260 e. The van der Waals surface area contributed by atoms with Gasteiger partial charge in [-0.05, 0) is 0 Å². The molecular weight excluding hydrogens is 168 g/mol. The molecule has 0 unspecified atom stereocenters. The molecule has 0 aliphatic carbocycles. The Hall–Kier alpha value is -2.02. The van der Waals surface area contributed by atoms with Crippen LogP contribution in [0.1, 0.15) is 5.56 Å². The summed E-state index contributed by atoms with van der Waals surface area (Å²) in [6.45, 7) is 6.97. The second kappa shape index (κ2) is 2.79. The minimum Gasteiger partial charge on any atom is -0.493 e. The molecule has 0 saturated carbocycles. The SMILES string of the molecule is C=c1c(C#N)c(O)n(C)c(=O)c1=C. The zero-order valence-electron chi connectivity index (χ0n) is 7.16. The molecule has 0 saturated heterocycles. The van der Waals surface area contributed by atoms with E-state index in [-0.39, 0.29) is 21.9 Å². The first kappa shape index (κ1) is 9.07. The molecule has 0 aliphatic heterocycles. The van der Waals surface area contributed by atoms with E-state index < -0.39 is 5.56 Å². The average molecular weight is 176 g/mol. The van der Waals surface area contributed by atoms with Gasteiger partial charge in [-0.1, -0.05) is 13.2 Å². The van der Waals surface area contributed by atoms with Crippen molar-refractivity contribution in [3.63, 3.8) is 0 Å². The van der Waals surface area contributed by atoms with E-state index in [1.807, 2.05) is 0 Å². The number of hydrogen-bond acceptors (Lipinski definition) is 3. The van der Waals surface area contributed by atoms with Gasteiger partial charge in [-0.2, -0.15) is 5.26 Å². The van der Waals surface area contributed by atoms with Gasteiger partial charge in [-0.25, -0.2) is 0 Å². The van der Waals surface area contributed by atoms with Gasteiger partial charge in [0, 0.05) is 17.5 Å². The Morgan fingerprint density at radius 3 is 2.46 bits per heavy atom. The maximum atomic E-state index is 11.3. The third kappa shape index (κ3) is 1.11. The predicted molar refractivity (Wildman–Crippen MR) is 48.4 cm³/mol. The molecule has 4 nitrogen and oxygen atoms in total. The molecule has 0 atom stereocenters. The summed E-state index contributed by atoms with van der Waals surface area (Å²) in [7, 11) is 1.37. The number of pyridine rings is 1. The van der Waals surface area contributed by atoms with Gasteiger partial charge < -0.3 is 5.11 Å². The van der Waals surface area contributed by atoms with E-state index in [0.717, 1.165) is 4.57 Å². The van der Waals surface area contributed by atoms with Crippen LogP contribution in [0.3, 0.4) is 0 Å². The molecule has 0 spiro atoms. The van der Waals surface area contributed by atoms with Gasteiger partial charge in [-0.3, -0.25) is 9.36 Å². The van der Waals surface area contributed by atoms with Crippen molar-refractivity contribution in [3.8, 4) is 11.9 Å². The molecule has 0 amide bonds. The van der Waals surface area contributed by atoms with E-state index in [4.69, 9.17) is 5.26 Å². The first-order valence-electron chi connectivity index (χ1n) is 3.50. The molecule has 1 rings (SSSR count). The summed E-state index contributed by atoms with van der Waals surface area (Å²) in [5.41, 5.74) is -0.450. The first-order valence-corrected chi connectivity index (χ1v) is 3.50. The summed E-state index contributed by atoms with van der Waals surface area (Å²) < 4.78 is 0.968. The van der Waals surface area contributed by atoms with E-state index in [0.29, 0.717) is 0 Å². The van der Waals surface area contributed by atoms with Crippen molar-refractivity contribution in [2.45, 2.75) is 0 Å². The Morgan fingerprint density at radius 2 is 2.00 bits per heavy atom. The summed E-state index contributed by atoms with van der Waals surface area (Å²) in [5.74, 6) is -0.370. The molecular formula is C9H8N2O2. The van der Waals surface area contributed by atoms with Crippen LogP contribution in [0.4, 0.5) is 0 Å². The van der Waals surface area contributed by atoms with Crippen molar-refractivity contribution < 1.29 is 5.11 Å². The molecule has 1 aromatic rings. The number of nitrogens with zero attached hydrogens (tertiary/aromatic N) is 2. The van der Waals surface area contributed by atoms with E-state index in [9.17, 15) is 9.90 Å². The Morgan fingerprint density at radius 1 is 1.46 bits per heavy atom. The van der Waals surface area contributed by atoms with Crippen LogP contribution < -0.4 is 16.0 Å². The van der Waals surface area contributed by atoms with Crippen LogP contribution >= 0.6 is 0 Å². The Bertz CT molecular complexity index is 549. The third-order valence-corrected chi connectivity index (χ3v) is 1.88. The fraction of sp³-hybridized carbons (Fsp3) is 0.111. The molecule has 66 valence electrons. The second-order valence-corrected chi connectivity index (χ2v) is 2.63. The van der Waals surface area contributed by atoms with Crippen molar-refractivity contribution >= 4 is 13.2 Å². The monoisotopic (exact) mass is 176 g/mol. The molecule has 1 N–H and O–H groups in total. The quantitative estimate of drug-likeness (QED) is 0.539. The number of aromatic nitrogens is 1. The highest BCUT2D eigenvalue weighted by Gasteiger charge is 2.07. The highest BCUT2D eigenvalue weighted by atomic mass is 16.3. The van der Waals surface area contributed by atoms with Crippen molar-refractivity contribution in [3.05, 3.63) is 26.4 Å². The van der Waals surface area contributed by atoms with Crippen LogP contribution in [0.5, 0.6) is 5.88 Å². The zero-order valence-corrected chi connectivity index (χ0v) is 7.16. The Balaban J connectivity index is 4.04. The van der Waals surface area contributed by atoms with Crippen molar-refractivity contribution in [2.75, 3.05) is 0 Å². The van der Waals surface area contributed by atoms with Crippen LogP contribution in [0.25, 0.3) is 13.2 Å². The standard InChI is InChI=1S/C9H8N2O2/c1-5-6(2)8(12)11(3)9(13)7(5)4-10/h13H,1-2H2,3H3. The average Bonchev–Trinajstić information content (AvgIpc) is 2.13. The maximum absolute atomic E-state index is 11.3. The molecule has 0 aliphatic rings. The zero-order chi connectivity index (χ0) is 10.2. The summed E-state index contributed by atoms with van der Waals surface area (Å²) in [5, 5.41) is 18.3. The molecule has 1 aromatic heterocycles. The molecule has 13 heavy (non-hydrogen) atoms. The van der Waals surface area contributed by atoms with E-state index in [1.165, 1.54) is 7.05 Å². The summed E-state index contributed by atoms with van der Waals surface area (Å²) in [6.07, 6.45) is 0. The Labute approximate surface area is 74.3 Å². The number of rotatable bonds is 0. The first-order chi connectivity index (χ1) is 6.00. The molecule has 0 fully saturated rings. The normalized spacial score (nSPS) is 9.54. The van der Waals surface area contributed by atoms with Gasteiger partial charge in [-0.15, -0.1) is 0 Å². The van der Waals surface area contributed by atoms with E-state index >= 15 is 0 Å². The molecule has 0 aromatic carbocycles. The minimum absolute atomic E-state index is 0.00731. The number of aromatic hydroxyl groups is 1. The number of nitriles is 1. The second-order valence-electron chi connectivity index (χ2n) is 2.63. The fourth-order valence-corrected chi connectivity index (χ4v) is 0.999. The van der Waals surface area contributed by atoms with Crippen LogP contribution in [0, 0.1) is 11.3 Å². The summed E-state index contributed by atoms with van der Waals surface area (Å²) >= 11 is 0. The predicted octanol–water partition coefficient (Wildman–Crippen LogP) is -1.22. The van der Waals surface area contributed by atoms with Gasteiger partial charge in [0.05, 0.1) is 0 Å². The lowest BCUT2D eigenvalue weighted by atomic mass is 10.2. The van der Waals surface area contributed by atoms with Crippen LogP contribution in [-0.2, 0) is 7.05 Å². The smallest absolute Gasteiger partial charge is 0.260 e. The lowest BCUT2D eigenvalue weighted by molar-refractivity contribution is 0.420. The highest BCUT2D eigenvalue weighted by molar-refractivity contribution is 5.40. The van der Waals surface area contributed by atoms with Crippen molar-refractivity contribution in [2.24, 2.45) is 7.05 Å². The van der Waals surface area contributed by atoms with Crippen LogP contribution in [-0.4, -0.2) is 9.67 Å². The summed E-state index contributed by atoms with van der Waals surface area (Å²) in [4.78, 5) is 11.3. The molecule has 1 heterocycles. The fourth-order valence-electron chi connectivity index (χ4n) is 0.999. The van der Waals surface area contributed by atoms with Crippen molar-refractivity contribution in [1.29, 1.82) is 5.26 Å². The molecule has 0 bridgehead atoms. The Kier molecular flexibility index (Phi) is 1.95. The topological polar surface area (TPSA) is 66.0 Å². The van der Waals surface area contributed by atoms with Gasteiger partial charge in [0.2, 0.25) is 5.88 Å². The third-order valence-electron chi connectivity index (χ3n) is 1.88. The van der Waals surface area contributed by atoms with E-state index in [1.54, 1.807) is 6.07 Å². The van der Waals surface area contributed by atoms with E-state index in [2.05, 4.69) is 13.2 Å². The van der Waals surface area contributed by atoms with Gasteiger partial charge in [0.25, 0.3) is 5.56 Å². The molecule has 0 radical (unpaired) electrons. The van der Waals surface area contributed by atoms with Gasteiger partial charge >= 0.3 is 0 Å².